The monoisotopic (exact) mass is 467 g/mol. The molecule has 2 aromatic heterocycles. The fraction of sp³-hybridized carbons (Fsp3) is 0.182. The van der Waals surface area contributed by atoms with Gasteiger partial charge in [0.05, 0.1) is 11.7 Å². The summed E-state index contributed by atoms with van der Waals surface area (Å²) in [6.07, 6.45) is 3.46. The van der Waals surface area contributed by atoms with Gasteiger partial charge in [-0.2, -0.15) is 4.98 Å². The lowest BCUT2D eigenvalue weighted by Crippen LogP contribution is -2.39. The van der Waals surface area contributed by atoms with Crippen molar-refractivity contribution in [3.05, 3.63) is 65.9 Å². The molecule has 0 spiro atoms. The van der Waals surface area contributed by atoms with Gasteiger partial charge in [-0.25, -0.2) is 9.19 Å². The Morgan fingerprint density at radius 1 is 1.09 bits per heavy atom. The van der Waals surface area contributed by atoms with Crippen LogP contribution in [0.15, 0.2) is 60.9 Å². The van der Waals surface area contributed by atoms with Crippen molar-refractivity contribution >= 4 is 55.2 Å². The maximum Gasteiger partial charge on any atom is 0.229 e. The van der Waals surface area contributed by atoms with E-state index in [1.807, 2.05) is 59.3 Å². The molecule has 4 aromatic rings. The van der Waals surface area contributed by atoms with Gasteiger partial charge in [-0.15, -0.1) is 0 Å². The molecule has 164 valence electrons. The van der Waals surface area contributed by atoms with E-state index in [-0.39, 0.29) is 0 Å². The van der Waals surface area contributed by atoms with Crippen molar-refractivity contribution in [2.45, 2.75) is 0 Å². The molecule has 0 aliphatic carbocycles. The van der Waals surface area contributed by atoms with Gasteiger partial charge in [-0.3, -0.25) is 9.35 Å². The van der Waals surface area contributed by atoms with Gasteiger partial charge >= 0.3 is 0 Å². The molecule has 0 atom stereocenters. The first-order chi connectivity index (χ1) is 15.4. The van der Waals surface area contributed by atoms with Crippen LogP contribution in [-0.4, -0.2) is 43.3 Å². The van der Waals surface area contributed by atoms with Crippen LogP contribution in [0.2, 0.25) is 5.02 Å². The standard InChI is InChI=1S/C22H22ClN7OS/c23-18-14-26-22(28-21(18)30-9-8-17-19(24)2-1-3-20(17)30)27-15-4-6-16(7-5-15)29-10-12-32(25,31)13-11-29/h1-9,14,25H,10-13,24H2,(H,26,27,28). The highest BCUT2D eigenvalue weighted by Gasteiger charge is 2.19. The molecule has 0 radical (unpaired) electrons. The van der Waals surface area contributed by atoms with E-state index >= 15 is 0 Å². The second-order valence-electron chi connectivity index (χ2n) is 7.71. The number of hydrogen-bond donors (Lipinski definition) is 3. The summed E-state index contributed by atoms with van der Waals surface area (Å²) in [6.45, 7) is 1.27. The zero-order valence-electron chi connectivity index (χ0n) is 17.2. The molecule has 1 aliphatic heterocycles. The van der Waals surface area contributed by atoms with Crippen molar-refractivity contribution in [1.82, 2.24) is 14.5 Å². The predicted molar refractivity (Wildman–Crippen MR) is 131 cm³/mol. The number of benzene rings is 2. The molecular formula is C22H22ClN7OS. The highest BCUT2D eigenvalue weighted by molar-refractivity contribution is 7.92. The molecule has 8 nitrogen and oxygen atoms in total. The molecule has 1 fully saturated rings. The molecule has 4 N–H and O–H groups in total. The zero-order chi connectivity index (χ0) is 22.3. The van der Waals surface area contributed by atoms with E-state index in [4.69, 9.17) is 22.1 Å². The van der Waals surface area contributed by atoms with E-state index in [0.717, 1.165) is 22.3 Å². The van der Waals surface area contributed by atoms with Crippen molar-refractivity contribution in [2.75, 3.05) is 40.5 Å². The van der Waals surface area contributed by atoms with Crippen LogP contribution in [0.25, 0.3) is 16.7 Å². The minimum absolute atomic E-state index is 0.411. The molecule has 1 aliphatic rings. The third kappa shape index (κ3) is 3.96. The first-order valence-corrected chi connectivity index (χ1v) is 12.4. The van der Waals surface area contributed by atoms with Crippen LogP contribution in [0, 0.1) is 4.78 Å². The number of nitrogens with zero attached hydrogens (tertiary/aromatic N) is 4. The van der Waals surface area contributed by atoms with Gasteiger partial charge in [0.25, 0.3) is 0 Å². The van der Waals surface area contributed by atoms with Crippen LogP contribution in [0.3, 0.4) is 0 Å². The number of aromatic nitrogens is 3. The fourth-order valence-corrected chi connectivity index (χ4v) is 5.25. The summed E-state index contributed by atoms with van der Waals surface area (Å²) in [6, 6.07) is 15.6. The van der Waals surface area contributed by atoms with Gasteiger partial charge in [0.15, 0.2) is 5.82 Å². The van der Waals surface area contributed by atoms with Crippen LogP contribution >= 0.6 is 11.6 Å². The normalized spacial score (nSPS) is 15.7. The van der Waals surface area contributed by atoms with Crippen molar-refractivity contribution in [3.8, 4) is 5.82 Å². The lowest BCUT2D eigenvalue weighted by molar-refractivity contribution is 0.664. The average Bonchev–Trinajstić information content (AvgIpc) is 3.21. The molecule has 1 saturated heterocycles. The second-order valence-corrected chi connectivity index (χ2v) is 10.6. The Hall–Kier alpha value is -3.30. The van der Waals surface area contributed by atoms with Crippen LogP contribution in [0.4, 0.5) is 23.0 Å². The molecule has 0 amide bonds. The van der Waals surface area contributed by atoms with Gasteiger partial charge in [-0.05, 0) is 42.5 Å². The number of nitrogen functional groups attached to an aromatic ring is 1. The second kappa shape index (κ2) is 7.99. The quantitative estimate of drug-likeness (QED) is 0.386. The minimum Gasteiger partial charge on any atom is -0.398 e. The average molecular weight is 468 g/mol. The fourth-order valence-electron chi connectivity index (χ4n) is 3.84. The lowest BCUT2D eigenvalue weighted by atomic mass is 10.2. The van der Waals surface area contributed by atoms with Crippen LogP contribution in [0.1, 0.15) is 0 Å². The summed E-state index contributed by atoms with van der Waals surface area (Å²) < 4.78 is 21.5. The van der Waals surface area contributed by atoms with E-state index in [0.29, 0.717) is 47.1 Å². The van der Waals surface area contributed by atoms with Crippen molar-refractivity contribution in [2.24, 2.45) is 0 Å². The Kier molecular flexibility index (Phi) is 5.15. The summed E-state index contributed by atoms with van der Waals surface area (Å²) in [5.41, 5.74) is 9.57. The SMILES string of the molecule is N=S1(=O)CCN(c2ccc(Nc3ncc(Cl)c(-n4ccc5c(N)cccc54)n3)cc2)CC1. The Labute approximate surface area is 191 Å². The van der Waals surface area contributed by atoms with Crippen molar-refractivity contribution < 1.29 is 4.21 Å². The molecule has 0 unspecified atom stereocenters. The van der Waals surface area contributed by atoms with E-state index in [2.05, 4.69) is 20.2 Å². The topological polar surface area (TPSA) is 113 Å². The number of nitrogens with one attached hydrogen (secondary N) is 2. The Morgan fingerprint density at radius 2 is 1.84 bits per heavy atom. The van der Waals surface area contributed by atoms with Crippen molar-refractivity contribution in [1.29, 1.82) is 4.78 Å². The van der Waals surface area contributed by atoms with Gasteiger partial charge in [0.2, 0.25) is 5.95 Å². The zero-order valence-corrected chi connectivity index (χ0v) is 18.7. The first-order valence-electron chi connectivity index (χ1n) is 10.1. The third-order valence-electron chi connectivity index (χ3n) is 5.59. The largest absolute Gasteiger partial charge is 0.398 e. The Bertz CT molecular complexity index is 1390. The van der Waals surface area contributed by atoms with Crippen LogP contribution < -0.4 is 16.0 Å². The predicted octanol–water partition coefficient (Wildman–Crippen LogP) is 4.27. The van der Waals surface area contributed by atoms with Crippen LogP contribution in [0.5, 0.6) is 0 Å². The van der Waals surface area contributed by atoms with E-state index in [9.17, 15) is 4.21 Å². The molecular weight excluding hydrogens is 446 g/mol. The maximum atomic E-state index is 11.9. The summed E-state index contributed by atoms with van der Waals surface area (Å²) >= 11 is 6.41. The number of halogens is 1. The van der Waals surface area contributed by atoms with Gasteiger partial charge in [0.1, 0.15) is 5.02 Å². The number of nitrogens with two attached hydrogens (primary N) is 1. The number of rotatable bonds is 4. The molecule has 10 heteroatoms. The van der Waals surface area contributed by atoms with E-state index in [1.165, 1.54) is 0 Å². The number of hydrogen-bond acceptors (Lipinski definition) is 7. The molecule has 5 rings (SSSR count). The summed E-state index contributed by atoms with van der Waals surface area (Å²) in [7, 11) is -2.41. The number of anilines is 4. The Balaban J connectivity index is 1.38. The Morgan fingerprint density at radius 3 is 2.59 bits per heavy atom. The molecule has 32 heavy (non-hydrogen) atoms. The van der Waals surface area contributed by atoms with E-state index in [1.54, 1.807) is 6.20 Å². The number of fused-ring (bicyclic) bond motifs is 1. The highest BCUT2D eigenvalue weighted by atomic mass is 35.5. The van der Waals surface area contributed by atoms with Crippen molar-refractivity contribution in [3.63, 3.8) is 0 Å². The highest BCUT2D eigenvalue weighted by Crippen LogP contribution is 2.28. The first kappa shape index (κ1) is 20.6. The minimum atomic E-state index is -2.41. The molecule has 0 saturated carbocycles. The summed E-state index contributed by atoms with van der Waals surface area (Å²) in [5, 5.41) is 4.59. The third-order valence-corrected chi connectivity index (χ3v) is 7.54. The van der Waals surface area contributed by atoms with Gasteiger partial charge in [-0.1, -0.05) is 17.7 Å². The smallest absolute Gasteiger partial charge is 0.229 e. The maximum absolute atomic E-state index is 11.9. The molecule has 0 bridgehead atoms. The summed E-state index contributed by atoms with van der Waals surface area (Å²) in [4.78, 5) is 11.1. The van der Waals surface area contributed by atoms with Gasteiger partial charge in [0, 0.05) is 63.0 Å². The van der Waals surface area contributed by atoms with Crippen LogP contribution in [-0.2, 0) is 9.73 Å². The van der Waals surface area contributed by atoms with E-state index < -0.39 is 9.73 Å². The van der Waals surface area contributed by atoms with Gasteiger partial charge < -0.3 is 16.0 Å². The summed E-state index contributed by atoms with van der Waals surface area (Å²) in [5.74, 6) is 1.81. The molecule has 2 aromatic carbocycles. The molecule has 3 heterocycles. The lowest BCUT2D eigenvalue weighted by Gasteiger charge is -2.30.